The van der Waals surface area contributed by atoms with Crippen molar-refractivity contribution in [3.05, 3.63) is 27.9 Å². The topological polar surface area (TPSA) is 39.4 Å². The zero-order chi connectivity index (χ0) is 11.1. The van der Waals surface area contributed by atoms with Crippen LogP contribution in [0, 0.1) is 0 Å². The van der Waals surface area contributed by atoms with E-state index in [0.29, 0.717) is 5.58 Å². The van der Waals surface area contributed by atoms with E-state index in [1.807, 2.05) is 32.9 Å². The molecule has 3 nitrogen and oxygen atoms in total. The largest absolute Gasteiger partial charge is 0.488 e. The van der Waals surface area contributed by atoms with E-state index in [-0.39, 0.29) is 10.5 Å². The summed E-state index contributed by atoms with van der Waals surface area (Å²) in [6, 6.07) is 5.40. The van der Waals surface area contributed by atoms with Crippen molar-refractivity contribution in [2.45, 2.75) is 26.4 Å². The number of hydrogen-bond donors (Lipinski definition) is 0. The lowest BCUT2D eigenvalue weighted by Gasteiger charge is -2.20. The third-order valence-electron chi connectivity index (χ3n) is 1.73. The van der Waals surface area contributed by atoms with E-state index in [4.69, 9.17) is 9.15 Å². The molecule has 0 radical (unpaired) electrons. The molecule has 0 amide bonds. The SMILES string of the molecule is CC(C)(C)Oc1ccc2oc(=O)sc2c1. The number of rotatable bonds is 1. The Morgan fingerprint density at radius 1 is 1.33 bits per heavy atom. The molecular formula is C11H12O3S. The molecule has 0 N–H and O–H groups in total. The van der Waals surface area contributed by atoms with Gasteiger partial charge in [-0.15, -0.1) is 0 Å². The molecule has 80 valence electrons. The first-order chi connectivity index (χ1) is 6.94. The molecule has 0 aliphatic carbocycles. The second-order valence-corrected chi connectivity index (χ2v) is 5.25. The van der Waals surface area contributed by atoms with Crippen molar-refractivity contribution in [1.82, 2.24) is 0 Å². The predicted molar refractivity (Wildman–Crippen MR) is 60.7 cm³/mol. The molecule has 0 spiro atoms. The van der Waals surface area contributed by atoms with Crippen LogP contribution in [0.1, 0.15) is 20.8 Å². The molecule has 0 aliphatic heterocycles. The Bertz CT molecular complexity index is 530. The summed E-state index contributed by atoms with van der Waals surface area (Å²) in [5.74, 6) is 0.757. The highest BCUT2D eigenvalue weighted by Crippen LogP contribution is 2.25. The summed E-state index contributed by atoms with van der Waals surface area (Å²) in [6.07, 6.45) is 0. The fourth-order valence-electron chi connectivity index (χ4n) is 1.27. The highest BCUT2D eigenvalue weighted by atomic mass is 32.1. The van der Waals surface area contributed by atoms with Crippen molar-refractivity contribution in [2.24, 2.45) is 0 Å². The molecule has 0 atom stereocenters. The maximum absolute atomic E-state index is 11.0. The first-order valence-corrected chi connectivity index (χ1v) is 5.48. The van der Waals surface area contributed by atoms with Crippen molar-refractivity contribution in [2.75, 3.05) is 0 Å². The minimum Gasteiger partial charge on any atom is -0.488 e. The Hall–Kier alpha value is -1.29. The second-order valence-electron chi connectivity index (χ2n) is 4.28. The van der Waals surface area contributed by atoms with Crippen molar-refractivity contribution >= 4 is 21.6 Å². The van der Waals surface area contributed by atoms with E-state index in [1.54, 1.807) is 6.07 Å². The van der Waals surface area contributed by atoms with Crippen LogP contribution in [-0.4, -0.2) is 5.60 Å². The van der Waals surface area contributed by atoms with Crippen LogP contribution in [0.3, 0.4) is 0 Å². The first-order valence-electron chi connectivity index (χ1n) is 4.67. The number of ether oxygens (including phenoxy) is 1. The van der Waals surface area contributed by atoms with Gasteiger partial charge in [0.05, 0.1) is 4.70 Å². The lowest BCUT2D eigenvalue weighted by atomic mass is 10.2. The van der Waals surface area contributed by atoms with E-state index >= 15 is 0 Å². The van der Waals surface area contributed by atoms with Gasteiger partial charge in [-0.1, -0.05) is 11.3 Å². The Labute approximate surface area is 91.3 Å². The van der Waals surface area contributed by atoms with Gasteiger partial charge in [-0.2, -0.15) is 0 Å². The molecule has 2 rings (SSSR count). The van der Waals surface area contributed by atoms with Crippen molar-refractivity contribution < 1.29 is 9.15 Å². The van der Waals surface area contributed by atoms with Crippen LogP contribution in [-0.2, 0) is 0 Å². The van der Waals surface area contributed by atoms with Crippen molar-refractivity contribution in [3.63, 3.8) is 0 Å². The summed E-state index contributed by atoms with van der Waals surface area (Å²) in [5.41, 5.74) is 0.383. The minimum atomic E-state index is -0.280. The highest BCUT2D eigenvalue weighted by Gasteiger charge is 2.12. The molecule has 15 heavy (non-hydrogen) atoms. The van der Waals surface area contributed by atoms with Gasteiger partial charge in [-0.3, -0.25) is 0 Å². The van der Waals surface area contributed by atoms with Gasteiger partial charge in [-0.25, -0.2) is 4.79 Å². The zero-order valence-electron chi connectivity index (χ0n) is 8.87. The molecule has 0 saturated carbocycles. The number of fused-ring (bicyclic) bond motifs is 1. The molecule has 1 aromatic carbocycles. The molecule has 1 heterocycles. The van der Waals surface area contributed by atoms with Gasteiger partial charge in [0, 0.05) is 6.07 Å². The predicted octanol–water partition coefficient (Wildman–Crippen LogP) is 3.03. The summed E-state index contributed by atoms with van der Waals surface area (Å²) in [6.45, 7) is 5.94. The third kappa shape index (κ3) is 2.39. The van der Waals surface area contributed by atoms with E-state index in [9.17, 15) is 4.79 Å². The lowest BCUT2D eigenvalue weighted by molar-refractivity contribution is 0.131. The fraction of sp³-hybridized carbons (Fsp3) is 0.364. The molecule has 0 aliphatic rings. The summed E-state index contributed by atoms with van der Waals surface area (Å²) in [5, 5.41) is 0. The molecule has 4 heteroatoms. The van der Waals surface area contributed by atoms with Crippen LogP contribution in [0.15, 0.2) is 27.4 Å². The lowest BCUT2D eigenvalue weighted by Crippen LogP contribution is -2.22. The zero-order valence-corrected chi connectivity index (χ0v) is 9.68. The van der Waals surface area contributed by atoms with Crippen molar-refractivity contribution in [3.8, 4) is 5.75 Å². The molecule has 2 aromatic rings. The van der Waals surface area contributed by atoms with Gasteiger partial charge in [-0.05, 0) is 32.9 Å². The fourth-order valence-corrected chi connectivity index (χ4v) is 1.97. The highest BCUT2D eigenvalue weighted by molar-refractivity contribution is 7.16. The summed E-state index contributed by atoms with van der Waals surface area (Å²) in [4.78, 5) is 10.7. The normalized spacial score (nSPS) is 11.9. The number of hydrogen-bond acceptors (Lipinski definition) is 4. The maximum Gasteiger partial charge on any atom is 0.396 e. The molecule has 0 fully saturated rings. The van der Waals surface area contributed by atoms with Gasteiger partial charge < -0.3 is 9.15 Å². The summed E-state index contributed by atoms with van der Waals surface area (Å²) < 4.78 is 11.5. The average molecular weight is 224 g/mol. The van der Waals surface area contributed by atoms with Crippen molar-refractivity contribution in [1.29, 1.82) is 0 Å². The van der Waals surface area contributed by atoms with Gasteiger partial charge in [0.25, 0.3) is 0 Å². The van der Waals surface area contributed by atoms with Gasteiger partial charge in [0.1, 0.15) is 16.9 Å². The molecular weight excluding hydrogens is 212 g/mol. The summed E-state index contributed by atoms with van der Waals surface area (Å²) in [7, 11) is 0. The monoisotopic (exact) mass is 224 g/mol. The Morgan fingerprint density at radius 2 is 2.07 bits per heavy atom. The van der Waals surface area contributed by atoms with Gasteiger partial charge in [0.2, 0.25) is 0 Å². The quantitative estimate of drug-likeness (QED) is 0.747. The van der Waals surface area contributed by atoms with Crippen LogP contribution < -0.4 is 9.68 Å². The number of benzene rings is 1. The average Bonchev–Trinajstić information content (AvgIpc) is 2.40. The van der Waals surface area contributed by atoms with E-state index in [2.05, 4.69) is 0 Å². The maximum atomic E-state index is 11.0. The molecule has 0 unspecified atom stereocenters. The van der Waals surface area contributed by atoms with E-state index < -0.39 is 0 Å². The van der Waals surface area contributed by atoms with E-state index in [1.165, 1.54) is 0 Å². The minimum absolute atomic E-state index is 0.234. The Kier molecular flexibility index (Phi) is 2.31. The van der Waals surface area contributed by atoms with Crippen LogP contribution in [0.2, 0.25) is 0 Å². The Morgan fingerprint density at radius 3 is 2.73 bits per heavy atom. The Balaban J connectivity index is 2.42. The van der Waals surface area contributed by atoms with Gasteiger partial charge >= 0.3 is 4.94 Å². The third-order valence-corrected chi connectivity index (χ3v) is 2.51. The summed E-state index contributed by atoms with van der Waals surface area (Å²) >= 11 is 1.09. The second kappa shape index (κ2) is 3.38. The smallest absolute Gasteiger partial charge is 0.396 e. The van der Waals surface area contributed by atoms with Gasteiger partial charge in [0.15, 0.2) is 0 Å². The van der Waals surface area contributed by atoms with Crippen LogP contribution >= 0.6 is 11.3 Å². The first kappa shape index (κ1) is 10.2. The van der Waals surface area contributed by atoms with Crippen LogP contribution in [0.4, 0.5) is 0 Å². The van der Waals surface area contributed by atoms with Crippen LogP contribution in [0.25, 0.3) is 10.3 Å². The standard InChI is InChI=1S/C11H12O3S/c1-11(2,3)14-7-4-5-8-9(6-7)15-10(12)13-8/h4-6H,1-3H3. The molecule has 0 bridgehead atoms. The van der Waals surface area contributed by atoms with Crippen LogP contribution in [0.5, 0.6) is 5.75 Å². The molecule has 1 aromatic heterocycles. The van der Waals surface area contributed by atoms with E-state index in [0.717, 1.165) is 21.8 Å². The molecule has 0 saturated heterocycles.